The molecule has 2 rings (SSSR count). The number of carbonyl (C=O) groups excluding carboxylic acids is 2. The number of nitrogens with zero attached hydrogens (tertiary/aromatic N) is 1. The number of carbonyl (C=O) groups is 2. The van der Waals surface area contributed by atoms with Crippen LogP contribution in [0.5, 0.6) is 0 Å². The molecule has 0 aromatic heterocycles. The Hall–Kier alpha value is -1.88. The van der Waals surface area contributed by atoms with Gasteiger partial charge in [0.2, 0.25) is 11.8 Å². The van der Waals surface area contributed by atoms with E-state index in [-0.39, 0.29) is 17.9 Å². The summed E-state index contributed by atoms with van der Waals surface area (Å²) < 4.78 is 0. The predicted octanol–water partition coefficient (Wildman–Crippen LogP) is 1.12. The van der Waals surface area contributed by atoms with Crippen molar-refractivity contribution < 1.29 is 9.59 Å². The molecule has 1 heterocycles. The van der Waals surface area contributed by atoms with Crippen LogP contribution in [0.3, 0.4) is 0 Å². The lowest BCUT2D eigenvalue weighted by Crippen LogP contribution is -2.48. The Morgan fingerprint density at radius 3 is 2.33 bits per heavy atom. The fraction of sp³-hybridized carbons (Fsp3) is 0.500. The number of likely N-dealkylation sites (tertiary alicyclic amines) is 1. The number of rotatable bonds is 3. The van der Waals surface area contributed by atoms with Crippen molar-refractivity contribution in [2.24, 2.45) is 5.73 Å². The quantitative estimate of drug-likeness (QED) is 0.875. The molecular weight excluding hydrogens is 266 g/mol. The Balaban J connectivity index is 1.92. The molecule has 5 heteroatoms. The molecule has 1 aliphatic heterocycles. The highest BCUT2D eigenvalue weighted by molar-refractivity contribution is 5.83. The fourth-order valence-electron chi connectivity index (χ4n) is 2.64. The number of benzene rings is 1. The number of amides is 2. The molecule has 21 heavy (non-hydrogen) atoms. The van der Waals surface area contributed by atoms with Crippen LogP contribution in [-0.4, -0.2) is 35.8 Å². The summed E-state index contributed by atoms with van der Waals surface area (Å²) in [6.07, 6.45) is 1.57. The lowest BCUT2D eigenvalue weighted by Gasteiger charge is -2.33. The van der Waals surface area contributed by atoms with Crippen LogP contribution >= 0.6 is 0 Å². The summed E-state index contributed by atoms with van der Waals surface area (Å²) in [7, 11) is 0. The van der Waals surface area contributed by atoms with E-state index >= 15 is 0 Å². The molecule has 0 aliphatic carbocycles. The zero-order valence-electron chi connectivity index (χ0n) is 12.6. The third-order valence-electron chi connectivity index (χ3n) is 3.92. The van der Waals surface area contributed by atoms with E-state index in [1.165, 1.54) is 6.92 Å². The second kappa shape index (κ2) is 6.72. The monoisotopic (exact) mass is 289 g/mol. The molecule has 5 nitrogen and oxygen atoms in total. The van der Waals surface area contributed by atoms with Crippen molar-refractivity contribution in [3.8, 4) is 0 Å². The number of nitrogens with one attached hydrogen (secondary N) is 1. The summed E-state index contributed by atoms with van der Waals surface area (Å²) in [5.74, 6) is -0.0590. The van der Waals surface area contributed by atoms with E-state index in [4.69, 9.17) is 5.73 Å². The van der Waals surface area contributed by atoms with E-state index in [1.54, 1.807) is 4.90 Å². The Labute approximate surface area is 125 Å². The molecule has 1 unspecified atom stereocenters. The number of aryl methyl sites for hydroxylation is 1. The van der Waals surface area contributed by atoms with Gasteiger partial charge in [-0.15, -0.1) is 0 Å². The number of hydrogen-bond donors (Lipinski definition) is 2. The van der Waals surface area contributed by atoms with E-state index in [1.807, 2.05) is 31.2 Å². The first-order chi connectivity index (χ1) is 9.97. The van der Waals surface area contributed by atoms with E-state index in [0.717, 1.165) is 24.0 Å². The molecule has 0 saturated carbocycles. The highest BCUT2D eigenvalue weighted by Crippen LogP contribution is 2.18. The second-order valence-corrected chi connectivity index (χ2v) is 5.69. The zero-order valence-corrected chi connectivity index (χ0v) is 12.6. The summed E-state index contributed by atoms with van der Waals surface area (Å²) in [6, 6.07) is 7.30. The molecule has 1 aromatic rings. The van der Waals surface area contributed by atoms with Gasteiger partial charge in [-0.3, -0.25) is 9.59 Å². The molecule has 0 spiro atoms. The molecule has 0 radical (unpaired) electrons. The van der Waals surface area contributed by atoms with Crippen LogP contribution in [0.25, 0.3) is 0 Å². The Morgan fingerprint density at radius 1 is 1.24 bits per heavy atom. The van der Waals surface area contributed by atoms with Crippen molar-refractivity contribution in [3.63, 3.8) is 0 Å². The van der Waals surface area contributed by atoms with E-state index in [9.17, 15) is 9.59 Å². The Bertz CT molecular complexity index is 505. The molecule has 3 N–H and O–H groups in total. The van der Waals surface area contributed by atoms with E-state index in [2.05, 4.69) is 5.32 Å². The predicted molar refractivity (Wildman–Crippen MR) is 81.5 cm³/mol. The first kappa shape index (κ1) is 15.5. The standard InChI is InChI=1S/C16H23N3O2/c1-11-3-5-13(6-4-11)15(17)16(21)19-9-7-14(8-10-19)18-12(2)20/h3-6,14-15H,7-10,17H2,1-2H3,(H,18,20). The highest BCUT2D eigenvalue weighted by atomic mass is 16.2. The van der Waals surface area contributed by atoms with Gasteiger partial charge in [0, 0.05) is 26.1 Å². The van der Waals surface area contributed by atoms with Gasteiger partial charge in [-0.2, -0.15) is 0 Å². The highest BCUT2D eigenvalue weighted by Gasteiger charge is 2.27. The molecule has 1 atom stereocenters. The Kier molecular flexibility index (Phi) is 4.96. The van der Waals surface area contributed by atoms with Crippen LogP contribution in [0.2, 0.25) is 0 Å². The lowest BCUT2D eigenvalue weighted by atomic mass is 10.0. The lowest BCUT2D eigenvalue weighted by molar-refractivity contribution is -0.133. The van der Waals surface area contributed by atoms with Gasteiger partial charge in [0.25, 0.3) is 0 Å². The summed E-state index contributed by atoms with van der Waals surface area (Å²) in [5.41, 5.74) is 8.06. The van der Waals surface area contributed by atoms with Crippen molar-refractivity contribution in [2.45, 2.75) is 38.8 Å². The van der Waals surface area contributed by atoms with Crippen molar-refractivity contribution in [3.05, 3.63) is 35.4 Å². The van der Waals surface area contributed by atoms with Crippen molar-refractivity contribution in [2.75, 3.05) is 13.1 Å². The van der Waals surface area contributed by atoms with Crippen LogP contribution < -0.4 is 11.1 Å². The van der Waals surface area contributed by atoms with Gasteiger partial charge in [0.1, 0.15) is 6.04 Å². The summed E-state index contributed by atoms with van der Waals surface area (Å²) in [5, 5.41) is 2.90. The first-order valence-corrected chi connectivity index (χ1v) is 7.35. The number of nitrogens with two attached hydrogens (primary N) is 1. The van der Waals surface area contributed by atoms with Crippen molar-refractivity contribution in [1.29, 1.82) is 0 Å². The van der Waals surface area contributed by atoms with E-state index < -0.39 is 6.04 Å². The normalized spacial score (nSPS) is 17.4. The Morgan fingerprint density at radius 2 is 1.81 bits per heavy atom. The van der Waals surface area contributed by atoms with Crippen LogP contribution in [0, 0.1) is 6.92 Å². The molecule has 0 bridgehead atoms. The van der Waals surface area contributed by atoms with Gasteiger partial charge >= 0.3 is 0 Å². The smallest absolute Gasteiger partial charge is 0.244 e. The first-order valence-electron chi connectivity index (χ1n) is 7.35. The maximum Gasteiger partial charge on any atom is 0.244 e. The van der Waals surface area contributed by atoms with Crippen LogP contribution in [0.4, 0.5) is 0 Å². The maximum absolute atomic E-state index is 12.4. The summed E-state index contributed by atoms with van der Waals surface area (Å²) in [4.78, 5) is 25.3. The molecule has 1 aliphatic rings. The van der Waals surface area contributed by atoms with Gasteiger partial charge in [-0.25, -0.2) is 0 Å². The fourth-order valence-corrected chi connectivity index (χ4v) is 2.64. The van der Waals surface area contributed by atoms with Gasteiger partial charge in [-0.05, 0) is 25.3 Å². The van der Waals surface area contributed by atoms with Gasteiger partial charge in [0.15, 0.2) is 0 Å². The topological polar surface area (TPSA) is 75.4 Å². The van der Waals surface area contributed by atoms with Gasteiger partial charge in [-0.1, -0.05) is 29.8 Å². The number of hydrogen-bond acceptors (Lipinski definition) is 3. The maximum atomic E-state index is 12.4. The average Bonchev–Trinajstić information content (AvgIpc) is 2.47. The van der Waals surface area contributed by atoms with Crippen molar-refractivity contribution in [1.82, 2.24) is 10.2 Å². The number of piperidine rings is 1. The molecular formula is C16H23N3O2. The van der Waals surface area contributed by atoms with Crippen LogP contribution in [-0.2, 0) is 9.59 Å². The minimum Gasteiger partial charge on any atom is -0.353 e. The largest absolute Gasteiger partial charge is 0.353 e. The molecule has 2 amide bonds. The molecule has 1 fully saturated rings. The van der Waals surface area contributed by atoms with Crippen LogP contribution in [0.15, 0.2) is 24.3 Å². The minimum absolute atomic E-state index is 0.0175. The second-order valence-electron chi connectivity index (χ2n) is 5.69. The average molecular weight is 289 g/mol. The van der Waals surface area contributed by atoms with E-state index in [0.29, 0.717) is 13.1 Å². The van der Waals surface area contributed by atoms with Crippen LogP contribution in [0.1, 0.15) is 36.9 Å². The van der Waals surface area contributed by atoms with Crippen molar-refractivity contribution >= 4 is 11.8 Å². The third kappa shape index (κ3) is 4.04. The van der Waals surface area contributed by atoms with Gasteiger partial charge in [0.05, 0.1) is 0 Å². The molecule has 114 valence electrons. The molecule has 1 saturated heterocycles. The summed E-state index contributed by atoms with van der Waals surface area (Å²) >= 11 is 0. The molecule has 1 aromatic carbocycles. The summed E-state index contributed by atoms with van der Waals surface area (Å²) in [6.45, 7) is 4.81. The van der Waals surface area contributed by atoms with Gasteiger partial charge < -0.3 is 16.0 Å². The third-order valence-corrected chi connectivity index (χ3v) is 3.92. The SMILES string of the molecule is CC(=O)NC1CCN(C(=O)C(N)c2ccc(C)cc2)CC1. The minimum atomic E-state index is -0.608. The zero-order chi connectivity index (χ0) is 15.4.